The van der Waals surface area contributed by atoms with Gasteiger partial charge < -0.3 is 16.2 Å². The van der Waals surface area contributed by atoms with E-state index in [1.807, 2.05) is 0 Å². The minimum absolute atomic E-state index is 0.0953. The molecule has 5 heteroatoms. The summed E-state index contributed by atoms with van der Waals surface area (Å²) in [7, 11) is 0. The number of hydrogen-bond donors (Lipinski definition) is 3. The van der Waals surface area contributed by atoms with Gasteiger partial charge in [0.1, 0.15) is 5.75 Å². The minimum Gasteiger partial charge on any atom is -0.508 e. The SMILES string of the molecule is Cc1ccc(C(=O)NCC(N)=S)cc1O. The molecule has 0 aliphatic rings. The monoisotopic (exact) mass is 224 g/mol. The van der Waals surface area contributed by atoms with Crippen LogP contribution in [0, 0.1) is 6.92 Å². The molecule has 0 aliphatic carbocycles. The highest BCUT2D eigenvalue weighted by Crippen LogP contribution is 2.17. The van der Waals surface area contributed by atoms with Crippen LogP contribution in [0.5, 0.6) is 5.75 Å². The molecule has 0 aromatic heterocycles. The average Bonchev–Trinajstić information content (AvgIpc) is 2.18. The first kappa shape index (κ1) is 11.5. The standard InChI is InChI=1S/C10H12N2O2S/c1-6-2-3-7(4-8(6)13)10(14)12-5-9(11)15/h2-4,13H,5H2,1H3,(H2,11,15)(H,12,14). The molecule has 0 spiro atoms. The van der Waals surface area contributed by atoms with E-state index in [0.29, 0.717) is 5.56 Å². The highest BCUT2D eigenvalue weighted by molar-refractivity contribution is 7.80. The predicted octanol–water partition coefficient (Wildman–Crippen LogP) is 0.717. The van der Waals surface area contributed by atoms with Crippen LogP contribution in [-0.4, -0.2) is 22.5 Å². The Morgan fingerprint density at radius 2 is 2.27 bits per heavy atom. The van der Waals surface area contributed by atoms with Crippen molar-refractivity contribution in [3.63, 3.8) is 0 Å². The van der Waals surface area contributed by atoms with Gasteiger partial charge in [0.25, 0.3) is 5.91 Å². The number of hydrogen-bond acceptors (Lipinski definition) is 3. The van der Waals surface area contributed by atoms with Crippen LogP contribution in [0.4, 0.5) is 0 Å². The van der Waals surface area contributed by atoms with Gasteiger partial charge in [-0.2, -0.15) is 0 Å². The smallest absolute Gasteiger partial charge is 0.251 e. The molecule has 0 saturated carbocycles. The molecule has 15 heavy (non-hydrogen) atoms. The van der Waals surface area contributed by atoms with Gasteiger partial charge in [0.2, 0.25) is 0 Å². The molecule has 0 bridgehead atoms. The number of phenolic OH excluding ortho intramolecular Hbond substituents is 1. The number of carbonyl (C=O) groups excluding carboxylic acids is 1. The summed E-state index contributed by atoms with van der Waals surface area (Å²) in [6, 6.07) is 4.71. The van der Waals surface area contributed by atoms with E-state index in [0.717, 1.165) is 5.56 Å². The number of nitrogens with one attached hydrogen (secondary N) is 1. The number of amides is 1. The Bertz CT molecular complexity index is 404. The second-order valence-electron chi connectivity index (χ2n) is 3.15. The Hall–Kier alpha value is -1.62. The maximum absolute atomic E-state index is 11.5. The van der Waals surface area contributed by atoms with Crippen molar-refractivity contribution in [2.45, 2.75) is 6.92 Å². The third kappa shape index (κ3) is 3.21. The molecule has 0 atom stereocenters. The van der Waals surface area contributed by atoms with Crippen molar-refractivity contribution in [3.05, 3.63) is 29.3 Å². The molecule has 1 aromatic rings. The molecule has 1 aromatic carbocycles. The fourth-order valence-electron chi connectivity index (χ4n) is 1.02. The van der Waals surface area contributed by atoms with Gasteiger partial charge in [-0.25, -0.2) is 0 Å². The quantitative estimate of drug-likeness (QED) is 0.661. The van der Waals surface area contributed by atoms with Crippen LogP contribution in [0.1, 0.15) is 15.9 Å². The van der Waals surface area contributed by atoms with Gasteiger partial charge in [-0.1, -0.05) is 18.3 Å². The van der Waals surface area contributed by atoms with Crippen molar-refractivity contribution in [1.82, 2.24) is 5.32 Å². The zero-order valence-corrected chi connectivity index (χ0v) is 9.10. The van der Waals surface area contributed by atoms with E-state index in [-0.39, 0.29) is 23.2 Å². The van der Waals surface area contributed by atoms with Gasteiger partial charge in [0.15, 0.2) is 0 Å². The highest BCUT2D eigenvalue weighted by atomic mass is 32.1. The number of phenols is 1. The van der Waals surface area contributed by atoms with Crippen molar-refractivity contribution in [2.75, 3.05) is 6.54 Å². The molecular formula is C10H12N2O2S. The summed E-state index contributed by atoms with van der Waals surface area (Å²) in [6.45, 7) is 1.91. The van der Waals surface area contributed by atoms with E-state index in [4.69, 9.17) is 5.73 Å². The maximum atomic E-state index is 11.5. The maximum Gasteiger partial charge on any atom is 0.251 e. The number of benzene rings is 1. The van der Waals surface area contributed by atoms with Crippen molar-refractivity contribution < 1.29 is 9.90 Å². The lowest BCUT2D eigenvalue weighted by Crippen LogP contribution is -2.32. The Labute approximate surface area is 93.1 Å². The van der Waals surface area contributed by atoms with E-state index in [2.05, 4.69) is 17.5 Å². The molecule has 80 valence electrons. The van der Waals surface area contributed by atoms with E-state index >= 15 is 0 Å². The topological polar surface area (TPSA) is 75.4 Å². The first-order valence-corrected chi connectivity index (χ1v) is 4.77. The minimum atomic E-state index is -0.307. The van der Waals surface area contributed by atoms with Gasteiger partial charge in [-0.05, 0) is 24.6 Å². The zero-order chi connectivity index (χ0) is 11.4. The summed E-state index contributed by atoms with van der Waals surface area (Å²) in [5.74, 6) is -0.212. The molecule has 0 saturated heterocycles. The molecule has 0 aliphatic heterocycles. The third-order valence-corrected chi connectivity index (χ3v) is 2.04. The van der Waals surface area contributed by atoms with E-state index in [9.17, 15) is 9.90 Å². The van der Waals surface area contributed by atoms with E-state index in [1.165, 1.54) is 6.07 Å². The third-order valence-electron chi connectivity index (χ3n) is 1.89. The number of aryl methyl sites for hydroxylation is 1. The molecule has 0 radical (unpaired) electrons. The first-order valence-electron chi connectivity index (χ1n) is 4.37. The summed E-state index contributed by atoms with van der Waals surface area (Å²) >= 11 is 4.62. The van der Waals surface area contributed by atoms with Gasteiger partial charge in [0, 0.05) is 5.56 Å². The summed E-state index contributed by atoms with van der Waals surface area (Å²) in [5, 5.41) is 11.9. The summed E-state index contributed by atoms with van der Waals surface area (Å²) in [4.78, 5) is 11.7. The normalized spacial score (nSPS) is 9.67. The summed E-state index contributed by atoms with van der Waals surface area (Å²) in [6.07, 6.45) is 0. The Balaban J connectivity index is 2.74. The predicted molar refractivity (Wildman–Crippen MR) is 62.0 cm³/mol. The summed E-state index contributed by atoms with van der Waals surface area (Å²) in [5.41, 5.74) is 6.35. The van der Waals surface area contributed by atoms with Crippen molar-refractivity contribution >= 4 is 23.1 Å². The lowest BCUT2D eigenvalue weighted by molar-refractivity contribution is 0.0959. The molecule has 0 fully saturated rings. The lowest BCUT2D eigenvalue weighted by Gasteiger charge is -2.05. The van der Waals surface area contributed by atoms with Crippen LogP contribution in [0.25, 0.3) is 0 Å². The highest BCUT2D eigenvalue weighted by Gasteiger charge is 2.07. The van der Waals surface area contributed by atoms with Crippen LogP contribution in [0.2, 0.25) is 0 Å². The van der Waals surface area contributed by atoms with Crippen LogP contribution in [0.3, 0.4) is 0 Å². The van der Waals surface area contributed by atoms with Crippen molar-refractivity contribution in [3.8, 4) is 5.75 Å². The van der Waals surface area contributed by atoms with Crippen molar-refractivity contribution in [2.24, 2.45) is 5.73 Å². The number of nitrogens with two attached hydrogens (primary N) is 1. The number of thiocarbonyl (C=S) groups is 1. The first-order chi connectivity index (χ1) is 7.00. The number of carbonyl (C=O) groups is 1. The van der Waals surface area contributed by atoms with Crippen LogP contribution < -0.4 is 11.1 Å². The van der Waals surface area contributed by atoms with Gasteiger partial charge >= 0.3 is 0 Å². The Morgan fingerprint density at radius 3 is 2.80 bits per heavy atom. The van der Waals surface area contributed by atoms with E-state index < -0.39 is 0 Å². The van der Waals surface area contributed by atoms with Gasteiger partial charge in [-0.3, -0.25) is 4.79 Å². The molecule has 1 rings (SSSR count). The van der Waals surface area contributed by atoms with Crippen LogP contribution in [0.15, 0.2) is 18.2 Å². The number of rotatable bonds is 3. The largest absolute Gasteiger partial charge is 0.508 e. The Morgan fingerprint density at radius 1 is 1.60 bits per heavy atom. The summed E-state index contributed by atoms with van der Waals surface area (Å²) < 4.78 is 0. The zero-order valence-electron chi connectivity index (χ0n) is 8.28. The second-order valence-corrected chi connectivity index (χ2v) is 3.67. The fourth-order valence-corrected chi connectivity index (χ4v) is 1.09. The molecule has 0 unspecified atom stereocenters. The van der Waals surface area contributed by atoms with E-state index in [1.54, 1.807) is 19.1 Å². The molecular weight excluding hydrogens is 212 g/mol. The molecule has 0 heterocycles. The lowest BCUT2D eigenvalue weighted by atomic mass is 10.1. The molecule has 1 amide bonds. The van der Waals surface area contributed by atoms with Crippen LogP contribution in [-0.2, 0) is 0 Å². The van der Waals surface area contributed by atoms with Gasteiger partial charge in [0.05, 0.1) is 11.5 Å². The van der Waals surface area contributed by atoms with Crippen LogP contribution >= 0.6 is 12.2 Å². The number of aromatic hydroxyl groups is 1. The average molecular weight is 224 g/mol. The second kappa shape index (κ2) is 4.75. The molecule has 4 nitrogen and oxygen atoms in total. The Kier molecular flexibility index (Phi) is 3.62. The fraction of sp³-hybridized carbons (Fsp3) is 0.200. The van der Waals surface area contributed by atoms with Gasteiger partial charge in [-0.15, -0.1) is 0 Å². The molecule has 4 N–H and O–H groups in total. The van der Waals surface area contributed by atoms with Crippen molar-refractivity contribution in [1.29, 1.82) is 0 Å².